The van der Waals surface area contributed by atoms with Crippen LogP contribution in [-0.4, -0.2) is 34.2 Å². The molecule has 2 aliphatic rings. The summed E-state index contributed by atoms with van der Waals surface area (Å²) in [5.41, 5.74) is 15.9. The van der Waals surface area contributed by atoms with Crippen molar-refractivity contribution in [2.24, 2.45) is 5.73 Å². The summed E-state index contributed by atoms with van der Waals surface area (Å²) in [7, 11) is 0. The van der Waals surface area contributed by atoms with E-state index in [1.807, 2.05) is 30.3 Å². The number of phenolic OH excluding ortho intramolecular Hbond substituents is 1. The van der Waals surface area contributed by atoms with Gasteiger partial charge in [-0.05, 0) is 42.3 Å². The van der Waals surface area contributed by atoms with E-state index in [4.69, 9.17) is 10.8 Å². The van der Waals surface area contributed by atoms with Crippen molar-refractivity contribution in [3.63, 3.8) is 0 Å². The maximum absolute atomic E-state index is 11.0. The van der Waals surface area contributed by atoms with Crippen LogP contribution in [0.4, 0.5) is 0 Å². The fourth-order valence-electron chi connectivity index (χ4n) is 3.71. The Morgan fingerprint density at radius 3 is 2.57 bits per heavy atom. The third-order valence-corrected chi connectivity index (χ3v) is 5.24. The number of nitrogens with two attached hydrogens (primary N) is 1. The van der Waals surface area contributed by atoms with Gasteiger partial charge in [-0.2, -0.15) is 0 Å². The first-order valence-corrected chi connectivity index (χ1v) is 9.13. The number of hydrogen-bond acceptors (Lipinski definition) is 6. The lowest BCUT2D eigenvalue weighted by atomic mass is 9.97. The minimum absolute atomic E-state index is 0.195. The summed E-state index contributed by atoms with van der Waals surface area (Å²) < 4.78 is 0. The van der Waals surface area contributed by atoms with Gasteiger partial charge in [-0.15, -0.1) is 0 Å². The number of likely N-dealkylation sites (tertiary alicyclic amines) is 1. The van der Waals surface area contributed by atoms with E-state index in [2.05, 4.69) is 15.8 Å². The van der Waals surface area contributed by atoms with Crippen molar-refractivity contribution in [3.8, 4) is 5.75 Å². The Bertz CT molecular complexity index is 966. The Labute approximate surface area is 162 Å². The first kappa shape index (κ1) is 17.8. The van der Waals surface area contributed by atoms with Gasteiger partial charge in [0.2, 0.25) is 0 Å². The number of nitrogens with one attached hydrogen (secondary N) is 2. The van der Waals surface area contributed by atoms with Gasteiger partial charge in [-0.3, -0.25) is 10.9 Å². The van der Waals surface area contributed by atoms with Crippen molar-refractivity contribution in [2.75, 3.05) is 13.1 Å². The molecule has 1 fully saturated rings. The summed E-state index contributed by atoms with van der Waals surface area (Å²) in [4.78, 5) is 13.2. The van der Waals surface area contributed by atoms with Gasteiger partial charge in [0.25, 0.3) is 0 Å². The summed E-state index contributed by atoms with van der Waals surface area (Å²) in [5, 5.41) is 19.2. The maximum atomic E-state index is 11.0. The van der Waals surface area contributed by atoms with Gasteiger partial charge in [0.05, 0.1) is 17.0 Å². The van der Waals surface area contributed by atoms with Crippen molar-refractivity contribution >= 4 is 11.7 Å². The van der Waals surface area contributed by atoms with Crippen molar-refractivity contribution < 1.29 is 15.0 Å². The number of carboxylic acid groups (broad SMARTS) is 1. The highest BCUT2D eigenvalue weighted by molar-refractivity contribution is 5.87. The van der Waals surface area contributed by atoms with Crippen LogP contribution in [0.3, 0.4) is 0 Å². The van der Waals surface area contributed by atoms with Gasteiger partial charge < -0.3 is 20.8 Å². The number of allylic oxidation sites excluding steroid dienone is 1. The van der Waals surface area contributed by atoms with Crippen LogP contribution in [0.5, 0.6) is 5.75 Å². The van der Waals surface area contributed by atoms with Gasteiger partial charge in [-0.25, -0.2) is 4.79 Å². The molecule has 7 heteroatoms. The maximum Gasteiger partial charge on any atom is 0.335 e. The monoisotopic (exact) mass is 378 g/mol. The molecule has 7 nitrogen and oxygen atoms in total. The molecule has 0 aromatic heterocycles. The second-order valence-corrected chi connectivity index (χ2v) is 6.98. The van der Waals surface area contributed by atoms with Crippen molar-refractivity contribution in [1.82, 2.24) is 15.8 Å². The molecule has 2 aromatic rings. The first-order valence-electron chi connectivity index (χ1n) is 9.13. The minimum Gasteiger partial charge on any atom is -0.507 e. The first-order chi connectivity index (χ1) is 13.5. The molecule has 0 radical (unpaired) electrons. The Balaban J connectivity index is 1.54. The Hall–Kier alpha value is -3.61. The molecule has 2 aromatic carbocycles. The molecule has 0 saturated carbocycles. The van der Waals surface area contributed by atoms with E-state index in [1.165, 1.54) is 0 Å². The zero-order chi connectivity index (χ0) is 19.7. The molecular weight excluding hydrogens is 356 g/mol. The van der Waals surface area contributed by atoms with Crippen molar-refractivity contribution in [1.29, 1.82) is 0 Å². The number of aromatic carboxylic acids is 1. The number of benzene rings is 2. The van der Waals surface area contributed by atoms with Gasteiger partial charge in [0.15, 0.2) is 0 Å². The SMILES string of the molecule is NC1=C(N2CCC(c3ccc(C(=O)O)cc3)C2)C=C(c2ccccc2O)NN1. The number of rotatable bonds is 4. The highest BCUT2D eigenvalue weighted by Gasteiger charge is 2.28. The normalized spacial score (nSPS) is 19.1. The number of carbonyl (C=O) groups is 1. The quantitative estimate of drug-likeness (QED) is 0.554. The van der Waals surface area contributed by atoms with Crippen LogP contribution in [-0.2, 0) is 0 Å². The fourth-order valence-corrected chi connectivity index (χ4v) is 3.71. The zero-order valence-corrected chi connectivity index (χ0v) is 15.2. The topological polar surface area (TPSA) is 111 Å². The lowest BCUT2D eigenvalue weighted by Crippen LogP contribution is -2.40. The molecule has 1 atom stereocenters. The Morgan fingerprint density at radius 2 is 1.86 bits per heavy atom. The van der Waals surface area contributed by atoms with Crippen LogP contribution in [0, 0.1) is 0 Å². The van der Waals surface area contributed by atoms with E-state index >= 15 is 0 Å². The van der Waals surface area contributed by atoms with E-state index in [-0.39, 0.29) is 5.75 Å². The van der Waals surface area contributed by atoms with Gasteiger partial charge >= 0.3 is 5.97 Å². The molecule has 2 heterocycles. The number of carboxylic acids is 1. The number of hydrogen-bond donors (Lipinski definition) is 5. The predicted molar refractivity (Wildman–Crippen MR) is 106 cm³/mol. The number of aromatic hydroxyl groups is 1. The molecule has 0 amide bonds. The predicted octanol–water partition coefficient (Wildman–Crippen LogP) is 2.16. The molecule has 4 rings (SSSR count). The molecule has 0 bridgehead atoms. The van der Waals surface area contributed by atoms with E-state index in [0.29, 0.717) is 22.9 Å². The highest BCUT2D eigenvalue weighted by Crippen LogP contribution is 2.32. The third-order valence-electron chi connectivity index (χ3n) is 5.24. The Kier molecular flexibility index (Phi) is 4.57. The summed E-state index contributed by atoms with van der Waals surface area (Å²) in [6.45, 7) is 1.63. The molecule has 1 saturated heterocycles. The van der Waals surface area contributed by atoms with E-state index in [1.54, 1.807) is 24.3 Å². The third kappa shape index (κ3) is 3.34. The van der Waals surface area contributed by atoms with Gasteiger partial charge in [0, 0.05) is 24.6 Å². The zero-order valence-electron chi connectivity index (χ0n) is 15.2. The summed E-state index contributed by atoms with van der Waals surface area (Å²) >= 11 is 0. The van der Waals surface area contributed by atoms with Crippen LogP contribution < -0.4 is 16.6 Å². The van der Waals surface area contributed by atoms with E-state index < -0.39 is 5.97 Å². The molecule has 0 spiro atoms. The molecular formula is C21H22N4O3. The molecule has 144 valence electrons. The van der Waals surface area contributed by atoms with Gasteiger partial charge in [-0.1, -0.05) is 24.3 Å². The fraction of sp³-hybridized carbons (Fsp3) is 0.190. The average Bonchev–Trinajstić information content (AvgIpc) is 3.19. The summed E-state index contributed by atoms with van der Waals surface area (Å²) in [6, 6.07) is 14.2. The average molecular weight is 378 g/mol. The highest BCUT2D eigenvalue weighted by atomic mass is 16.4. The molecule has 1 unspecified atom stereocenters. The van der Waals surface area contributed by atoms with Crippen LogP contribution in [0.1, 0.15) is 33.8 Å². The lowest BCUT2D eigenvalue weighted by Gasteiger charge is -2.28. The number of nitrogens with zero attached hydrogens (tertiary/aromatic N) is 1. The van der Waals surface area contributed by atoms with Crippen LogP contribution in [0.25, 0.3) is 5.70 Å². The standard InChI is InChI=1S/C21H22N4O3/c22-20-18(11-17(23-24-20)16-3-1-2-4-19(16)26)25-10-9-15(12-25)13-5-7-14(8-6-13)21(27)28/h1-8,11,15,23-24,26H,9-10,12,22H2,(H,27,28). The smallest absolute Gasteiger partial charge is 0.335 e. The van der Waals surface area contributed by atoms with Crippen molar-refractivity contribution in [2.45, 2.75) is 12.3 Å². The second kappa shape index (κ2) is 7.19. The van der Waals surface area contributed by atoms with E-state index in [9.17, 15) is 9.90 Å². The molecule has 2 aliphatic heterocycles. The van der Waals surface area contributed by atoms with Crippen LogP contribution in [0.2, 0.25) is 0 Å². The molecule has 0 aliphatic carbocycles. The molecule has 6 N–H and O–H groups in total. The number of hydrazine groups is 1. The van der Waals surface area contributed by atoms with E-state index in [0.717, 1.165) is 36.5 Å². The lowest BCUT2D eigenvalue weighted by molar-refractivity contribution is 0.0697. The van der Waals surface area contributed by atoms with Crippen LogP contribution in [0.15, 0.2) is 66.1 Å². The summed E-state index contributed by atoms with van der Waals surface area (Å²) in [5.74, 6) is 0.113. The minimum atomic E-state index is -0.917. The number of para-hydroxylation sites is 1. The van der Waals surface area contributed by atoms with Crippen LogP contribution >= 0.6 is 0 Å². The molecule has 28 heavy (non-hydrogen) atoms. The van der Waals surface area contributed by atoms with Gasteiger partial charge in [0.1, 0.15) is 11.6 Å². The Morgan fingerprint density at radius 1 is 1.11 bits per heavy atom. The van der Waals surface area contributed by atoms with Crippen molar-refractivity contribution in [3.05, 3.63) is 82.8 Å². The second-order valence-electron chi connectivity index (χ2n) is 6.98. The largest absolute Gasteiger partial charge is 0.507 e. The summed E-state index contributed by atoms with van der Waals surface area (Å²) in [6.07, 6.45) is 2.90. The number of phenols is 1.